The smallest absolute Gasteiger partial charge is 0.259 e. The van der Waals surface area contributed by atoms with E-state index in [1.807, 2.05) is 50.2 Å². The molecule has 160 valence electrons. The molecule has 0 aliphatic carbocycles. The van der Waals surface area contributed by atoms with Crippen molar-refractivity contribution in [2.24, 2.45) is 5.92 Å². The maximum Gasteiger partial charge on any atom is 0.259 e. The Balaban J connectivity index is 1.65. The molecule has 3 aromatic rings. The van der Waals surface area contributed by atoms with Crippen molar-refractivity contribution in [1.29, 1.82) is 0 Å². The molecular weight excluding hydrogens is 456 g/mol. The van der Waals surface area contributed by atoms with Crippen LogP contribution in [0.3, 0.4) is 0 Å². The normalized spacial score (nSPS) is 10.6. The molecule has 6 heteroatoms. The van der Waals surface area contributed by atoms with Crippen molar-refractivity contribution < 1.29 is 14.3 Å². The zero-order valence-corrected chi connectivity index (χ0v) is 19.1. The molecule has 0 unspecified atom stereocenters. The predicted octanol–water partition coefficient (Wildman–Crippen LogP) is 5.92. The number of halogens is 1. The van der Waals surface area contributed by atoms with Crippen molar-refractivity contribution in [3.63, 3.8) is 0 Å². The van der Waals surface area contributed by atoms with Gasteiger partial charge in [-0.2, -0.15) is 0 Å². The van der Waals surface area contributed by atoms with Gasteiger partial charge < -0.3 is 15.4 Å². The molecule has 0 radical (unpaired) electrons. The van der Waals surface area contributed by atoms with Crippen LogP contribution in [0.5, 0.6) is 5.75 Å². The van der Waals surface area contributed by atoms with Crippen LogP contribution >= 0.6 is 15.9 Å². The molecule has 0 atom stereocenters. The summed E-state index contributed by atoms with van der Waals surface area (Å²) in [7, 11) is 0. The van der Waals surface area contributed by atoms with Gasteiger partial charge >= 0.3 is 0 Å². The fourth-order valence-corrected chi connectivity index (χ4v) is 3.21. The second-order valence-corrected chi connectivity index (χ2v) is 8.32. The Morgan fingerprint density at radius 3 is 2.19 bits per heavy atom. The third-order valence-electron chi connectivity index (χ3n) is 4.61. The van der Waals surface area contributed by atoms with E-state index in [0.29, 0.717) is 29.3 Å². The first-order valence-electron chi connectivity index (χ1n) is 10.1. The lowest BCUT2D eigenvalue weighted by Gasteiger charge is -2.13. The molecule has 2 amide bonds. The van der Waals surface area contributed by atoms with Crippen LogP contribution < -0.4 is 15.4 Å². The summed E-state index contributed by atoms with van der Waals surface area (Å²) in [5.74, 6) is 0.104. The number of rotatable bonds is 8. The maximum atomic E-state index is 12.9. The summed E-state index contributed by atoms with van der Waals surface area (Å²) in [6.07, 6.45) is 0.752. The van der Waals surface area contributed by atoms with Gasteiger partial charge in [-0.05, 0) is 48.0 Å². The highest BCUT2D eigenvalue weighted by Gasteiger charge is 2.14. The molecule has 0 aliphatic rings. The van der Waals surface area contributed by atoms with Crippen molar-refractivity contribution in [2.45, 2.75) is 20.3 Å². The monoisotopic (exact) mass is 480 g/mol. The number of nitrogens with one attached hydrogen (secondary N) is 2. The molecule has 0 saturated heterocycles. The molecule has 0 heterocycles. The van der Waals surface area contributed by atoms with Crippen LogP contribution in [0.1, 0.15) is 29.8 Å². The van der Waals surface area contributed by atoms with E-state index in [9.17, 15) is 9.59 Å². The van der Waals surface area contributed by atoms with Gasteiger partial charge in [0.05, 0.1) is 12.2 Å². The van der Waals surface area contributed by atoms with Crippen molar-refractivity contribution >= 4 is 39.1 Å². The highest BCUT2D eigenvalue weighted by Crippen LogP contribution is 2.25. The zero-order chi connectivity index (χ0) is 22.2. The SMILES string of the molecule is CC(C)C(=O)Nc1ccc(NC(=O)c2cc(Br)ccc2OCCc2ccccc2)cc1. The van der Waals surface area contributed by atoms with Gasteiger partial charge in [0.2, 0.25) is 5.91 Å². The largest absolute Gasteiger partial charge is 0.492 e. The molecule has 0 bridgehead atoms. The number of ether oxygens (including phenoxy) is 1. The van der Waals surface area contributed by atoms with Crippen molar-refractivity contribution in [2.75, 3.05) is 17.2 Å². The highest BCUT2D eigenvalue weighted by atomic mass is 79.9. The van der Waals surface area contributed by atoms with Gasteiger partial charge in [0.25, 0.3) is 5.91 Å². The zero-order valence-electron chi connectivity index (χ0n) is 17.5. The second kappa shape index (κ2) is 10.8. The van der Waals surface area contributed by atoms with Crippen molar-refractivity contribution in [3.05, 3.63) is 88.4 Å². The Bertz CT molecular complexity index is 1030. The lowest BCUT2D eigenvalue weighted by Crippen LogP contribution is -2.18. The number of benzene rings is 3. The van der Waals surface area contributed by atoms with Crippen LogP contribution in [0, 0.1) is 5.92 Å². The Kier molecular flexibility index (Phi) is 7.84. The Hall–Kier alpha value is -3.12. The number of hydrogen-bond acceptors (Lipinski definition) is 3. The van der Waals surface area contributed by atoms with Gasteiger partial charge in [0, 0.05) is 28.2 Å². The molecular formula is C25H25BrN2O3. The molecule has 3 rings (SSSR count). The van der Waals surface area contributed by atoms with E-state index in [1.54, 1.807) is 36.4 Å². The maximum absolute atomic E-state index is 12.9. The second-order valence-electron chi connectivity index (χ2n) is 7.40. The molecule has 0 aliphatic heterocycles. The molecule has 0 spiro atoms. The Morgan fingerprint density at radius 1 is 0.903 bits per heavy atom. The predicted molar refractivity (Wildman–Crippen MR) is 128 cm³/mol. The fraction of sp³-hybridized carbons (Fsp3) is 0.200. The minimum atomic E-state index is -0.269. The van der Waals surface area contributed by atoms with Gasteiger partial charge in [-0.25, -0.2) is 0 Å². The van der Waals surface area contributed by atoms with Crippen LogP contribution in [0.2, 0.25) is 0 Å². The number of hydrogen-bond donors (Lipinski definition) is 2. The summed E-state index contributed by atoms with van der Waals surface area (Å²) in [5, 5.41) is 5.71. The van der Waals surface area contributed by atoms with Crippen molar-refractivity contribution in [1.82, 2.24) is 0 Å². The molecule has 0 aromatic heterocycles. The quantitative estimate of drug-likeness (QED) is 0.420. The molecule has 2 N–H and O–H groups in total. The first-order chi connectivity index (χ1) is 14.9. The molecule has 31 heavy (non-hydrogen) atoms. The number of carbonyl (C=O) groups is 2. The first kappa shape index (κ1) is 22.6. The summed E-state index contributed by atoms with van der Waals surface area (Å²) in [6.45, 7) is 4.14. The summed E-state index contributed by atoms with van der Waals surface area (Å²) < 4.78 is 6.70. The summed E-state index contributed by atoms with van der Waals surface area (Å²) in [4.78, 5) is 24.7. The summed E-state index contributed by atoms with van der Waals surface area (Å²) >= 11 is 3.42. The van der Waals surface area contributed by atoms with Crippen molar-refractivity contribution in [3.8, 4) is 5.75 Å². The van der Waals surface area contributed by atoms with Gasteiger partial charge in [-0.15, -0.1) is 0 Å². The minimum absolute atomic E-state index is 0.0526. The number of anilines is 2. The van der Waals surface area contributed by atoms with E-state index in [4.69, 9.17) is 4.74 Å². The molecule has 5 nitrogen and oxygen atoms in total. The summed E-state index contributed by atoms with van der Waals surface area (Å²) in [5.41, 5.74) is 2.93. The Labute approximate surface area is 191 Å². The number of carbonyl (C=O) groups excluding carboxylic acids is 2. The third-order valence-corrected chi connectivity index (χ3v) is 5.11. The van der Waals surface area contributed by atoms with Crippen LogP contribution in [0.4, 0.5) is 11.4 Å². The molecule has 3 aromatic carbocycles. The van der Waals surface area contributed by atoms with Crippen LogP contribution in [0.15, 0.2) is 77.3 Å². The Morgan fingerprint density at radius 2 is 1.55 bits per heavy atom. The van der Waals surface area contributed by atoms with E-state index in [-0.39, 0.29) is 17.7 Å². The van der Waals surface area contributed by atoms with Crippen LogP contribution in [-0.2, 0) is 11.2 Å². The van der Waals surface area contributed by atoms with E-state index < -0.39 is 0 Å². The van der Waals surface area contributed by atoms with Gasteiger partial charge in [-0.1, -0.05) is 60.1 Å². The lowest BCUT2D eigenvalue weighted by atomic mass is 10.1. The third kappa shape index (κ3) is 6.69. The van der Waals surface area contributed by atoms with Crippen LogP contribution in [0.25, 0.3) is 0 Å². The molecule has 0 saturated carbocycles. The van der Waals surface area contributed by atoms with Crippen LogP contribution in [-0.4, -0.2) is 18.4 Å². The minimum Gasteiger partial charge on any atom is -0.492 e. The van der Waals surface area contributed by atoms with Gasteiger partial charge in [-0.3, -0.25) is 9.59 Å². The van der Waals surface area contributed by atoms with E-state index >= 15 is 0 Å². The molecule has 0 fully saturated rings. The number of amides is 2. The average Bonchev–Trinajstić information content (AvgIpc) is 2.76. The fourth-order valence-electron chi connectivity index (χ4n) is 2.85. The highest BCUT2D eigenvalue weighted by molar-refractivity contribution is 9.10. The van der Waals surface area contributed by atoms with E-state index in [0.717, 1.165) is 10.9 Å². The standard InChI is InChI=1S/C25H25BrN2O3/c1-17(2)24(29)27-20-9-11-21(12-10-20)28-25(30)22-16-19(26)8-13-23(22)31-15-14-18-6-4-3-5-7-18/h3-13,16-17H,14-15H2,1-2H3,(H,27,29)(H,28,30). The topological polar surface area (TPSA) is 67.4 Å². The first-order valence-corrected chi connectivity index (χ1v) is 10.9. The van der Waals surface area contributed by atoms with Gasteiger partial charge in [0.1, 0.15) is 5.75 Å². The average molecular weight is 481 g/mol. The summed E-state index contributed by atoms with van der Waals surface area (Å²) in [6, 6.07) is 22.5. The van der Waals surface area contributed by atoms with Gasteiger partial charge in [0.15, 0.2) is 0 Å². The lowest BCUT2D eigenvalue weighted by molar-refractivity contribution is -0.118. The van der Waals surface area contributed by atoms with E-state index in [2.05, 4.69) is 26.6 Å². The van der Waals surface area contributed by atoms with E-state index in [1.165, 1.54) is 5.56 Å².